The molecular weight excluding hydrogens is 398 g/mol. The first kappa shape index (κ1) is 19.5. The molecule has 2 aliphatic heterocycles. The van der Waals surface area contributed by atoms with Gasteiger partial charge in [-0.2, -0.15) is 5.06 Å². The van der Waals surface area contributed by atoms with Crippen molar-refractivity contribution in [1.29, 1.82) is 0 Å². The van der Waals surface area contributed by atoms with Crippen LogP contribution in [0.3, 0.4) is 0 Å². The smallest absolute Gasteiger partial charge is 0.372 e. The zero-order valence-electron chi connectivity index (χ0n) is 14.4. The number of hydrogen-bond acceptors (Lipinski definition) is 11. The number of nitrogens with one attached hydrogen (secondary N) is 1. The lowest BCUT2D eigenvalue weighted by atomic mass is 10.1. The monoisotopic (exact) mass is 413 g/mol. The van der Waals surface area contributed by atoms with Crippen LogP contribution in [0.25, 0.3) is 0 Å². The highest BCUT2D eigenvalue weighted by atomic mass is 32.1. The normalized spacial score (nSPS) is 25.0. The molecule has 3 rings (SSSR count). The van der Waals surface area contributed by atoms with Gasteiger partial charge in [-0.05, 0) is 0 Å². The Morgan fingerprint density at radius 1 is 1.54 bits per heavy atom. The van der Waals surface area contributed by atoms with Crippen molar-refractivity contribution in [3.63, 3.8) is 0 Å². The molecule has 0 aromatic carbocycles. The number of hydroxylamine groups is 2. The number of esters is 1. The van der Waals surface area contributed by atoms with Gasteiger partial charge in [0.25, 0.3) is 11.8 Å². The highest BCUT2D eigenvalue weighted by molar-refractivity contribution is 7.13. The van der Waals surface area contributed by atoms with Crippen LogP contribution in [0.4, 0.5) is 5.13 Å². The van der Waals surface area contributed by atoms with E-state index in [2.05, 4.69) is 20.3 Å². The van der Waals surface area contributed by atoms with Crippen LogP contribution in [0.15, 0.2) is 10.5 Å². The van der Waals surface area contributed by atoms with E-state index >= 15 is 0 Å². The van der Waals surface area contributed by atoms with Gasteiger partial charge in [-0.15, -0.1) is 11.3 Å². The molecule has 2 aliphatic rings. The average Bonchev–Trinajstić information content (AvgIpc) is 3.33. The quantitative estimate of drug-likeness (QED) is 0.280. The van der Waals surface area contributed by atoms with Crippen LogP contribution in [0.1, 0.15) is 18.5 Å². The summed E-state index contributed by atoms with van der Waals surface area (Å²) in [6, 6.07) is -1.24. The van der Waals surface area contributed by atoms with E-state index in [0.29, 0.717) is 5.06 Å². The Hall–Kier alpha value is -3.26. The molecule has 13 nitrogen and oxygen atoms in total. The van der Waals surface area contributed by atoms with E-state index < -0.39 is 35.5 Å². The lowest BCUT2D eigenvalue weighted by Crippen LogP contribution is -2.57. The van der Waals surface area contributed by atoms with Crippen molar-refractivity contribution in [2.24, 2.45) is 5.16 Å². The fourth-order valence-electron chi connectivity index (χ4n) is 2.67. The van der Waals surface area contributed by atoms with Crippen molar-refractivity contribution < 1.29 is 38.7 Å². The number of carboxylic acid groups (broad SMARTS) is 1. The van der Waals surface area contributed by atoms with Crippen LogP contribution in [0.5, 0.6) is 0 Å². The van der Waals surface area contributed by atoms with Crippen molar-refractivity contribution in [2.45, 2.75) is 24.6 Å². The van der Waals surface area contributed by atoms with Crippen LogP contribution in [0.2, 0.25) is 0 Å². The van der Waals surface area contributed by atoms with E-state index in [1.807, 2.05) is 0 Å². The molecule has 0 radical (unpaired) electrons. The maximum atomic E-state index is 12.6. The molecule has 0 aliphatic carbocycles. The number of ether oxygens (including phenoxy) is 1. The summed E-state index contributed by atoms with van der Waals surface area (Å²) in [6.45, 7) is -0.364. The Kier molecular flexibility index (Phi) is 5.15. The minimum absolute atomic E-state index is 0.136. The first-order valence-electron chi connectivity index (χ1n) is 7.84. The first-order chi connectivity index (χ1) is 13.3. The second kappa shape index (κ2) is 7.40. The van der Waals surface area contributed by atoms with Crippen LogP contribution >= 0.6 is 11.3 Å². The number of aliphatic carboxylic acids is 1. The zero-order chi connectivity index (χ0) is 20.5. The molecule has 1 aromatic rings. The summed E-state index contributed by atoms with van der Waals surface area (Å²) in [7, 11) is 1.22. The van der Waals surface area contributed by atoms with Gasteiger partial charge < -0.3 is 25.7 Å². The summed E-state index contributed by atoms with van der Waals surface area (Å²) in [5.74, 6) is -4.04. The van der Waals surface area contributed by atoms with E-state index in [1.165, 1.54) is 12.5 Å². The maximum Gasteiger partial charge on any atom is 0.372 e. The van der Waals surface area contributed by atoms with Gasteiger partial charge in [0, 0.05) is 11.8 Å². The number of nitrogens with zero attached hydrogens (tertiary/aromatic N) is 3. The van der Waals surface area contributed by atoms with Gasteiger partial charge in [0.1, 0.15) is 25.5 Å². The van der Waals surface area contributed by atoms with Gasteiger partial charge in [-0.25, -0.2) is 9.78 Å². The van der Waals surface area contributed by atoms with Crippen LogP contribution < -0.4 is 11.1 Å². The number of aromatic nitrogens is 1. The van der Waals surface area contributed by atoms with Gasteiger partial charge in [0.15, 0.2) is 10.8 Å². The van der Waals surface area contributed by atoms with E-state index in [4.69, 9.17) is 15.3 Å². The number of thiazole rings is 1. The molecule has 2 atom stereocenters. The molecule has 2 unspecified atom stereocenters. The van der Waals surface area contributed by atoms with Crippen molar-refractivity contribution >= 4 is 45.9 Å². The van der Waals surface area contributed by atoms with Crippen molar-refractivity contribution in [2.75, 3.05) is 19.5 Å². The highest BCUT2D eigenvalue weighted by Gasteiger charge is 2.59. The Morgan fingerprint density at radius 3 is 2.82 bits per heavy atom. The standard InChI is InChI=1S/C14H15N5O8S/c1-25-18-9(7-5-28-13(15)17-7)10(21)16-6-4-26-19(11(6)22)14(12(23)24)3-2-8(20)27-14/h5-6H,2-4H2,1H3,(H2,15,17)(H,16,21)(H,23,24). The Morgan fingerprint density at radius 2 is 2.29 bits per heavy atom. The lowest BCUT2D eigenvalue weighted by Gasteiger charge is -2.30. The highest BCUT2D eigenvalue weighted by Crippen LogP contribution is 2.34. The third-order valence-electron chi connectivity index (χ3n) is 3.95. The molecule has 2 saturated heterocycles. The van der Waals surface area contributed by atoms with Gasteiger partial charge in [-0.1, -0.05) is 5.16 Å². The molecule has 0 spiro atoms. The zero-order valence-corrected chi connectivity index (χ0v) is 15.2. The summed E-state index contributed by atoms with van der Waals surface area (Å²) in [4.78, 5) is 61.8. The summed E-state index contributed by atoms with van der Waals surface area (Å²) in [6.07, 6.45) is -0.464. The molecule has 2 amide bonds. The fraction of sp³-hybridized carbons (Fsp3) is 0.429. The molecule has 4 N–H and O–H groups in total. The Bertz CT molecular complexity index is 870. The molecule has 0 bridgehead atoms. The predicted molar refractivity (Wildman–Crippen MR) is 90.5 cm³/mol. The van der Waals surface area contributed by atoms with Crippen molar-refractivity contribution in [3.05, 3.63) is 11.1 Å². The minimum atomic E-state index is -2.26. The predicted octanol–water partition coefficient (Wildman–Crippen LogP) is -1.55. The third-order valence-corrected chi connectivity index (χ3v) is 4.62. The molecule has 1 aromatic heterocycles. The Balaban J connectivity index is 1.76. The number of nitrogen functional groups attached to an aromatic ring is 1. The number of carbonyl (C=O) groups excluding carboxylic acids is 3. The summed E-state index contributed by atoms with van der Waals surface area (Å²) < 4.78 is 4.84. The molecule has 28 heavy (non-hydrogen) atoms. The number of oxime groups is 1. The number of anilines is 1. The van der Waals surface area contributed by atoms with Crippen LogP contribution in [0, 0.1) is 0 Å². The fourth-order valence-corrected chi connectivity index (χ4v) is 3.22. The summed E-state index contributed by atoms with van der Waals surface area (Å²) >= 11 is 1.08. The first-order valence-corrected chi connectivity index (χ1v) is 8.72. The third kappa shape index (κ3) is 3.34. The van der Waals surface area contributed by atoms with E-state index in [0.717, 1.165) is 11.3 Å². The number of amides is 2. The van der Waals surface area contributed by atoms with Crippen molar-refractivity contribution in [3.8, 4) is 0 Å². The van der Waals surface area contributed by atoms with E-state index in [1.54, 1.807) is 0 Å². The number of cyclic esters (lactones) is 1. The second-order valence-electron chi connectivity index (χ2n) is 5.71. The molecule has 3 heterocycles. The van der Waals surface area contributed by atoms with Crippen LogP contribution in [-0.2, 0) is 33.6 Å². The van der Waals surface area contributed by atoms with Gasteiger partial charge in [-0.3, -0.25) is 19.2 Å². The largest absolute Gasteiger partial charge is 0.477 e. The van der Waals surface area contributed by atoms with E-state index in [9.17, 15) is 24.3 Å². The minimum Gasteiger partial charge on any atom is -0.477 e. The number of carbonyl (C=O) groups is 4. The SMILES string of the molecule is CON=C(C(=O)NC1CON(C2(C(=O)O)CCC(=O)O2)C1=O)c1csc(N)n1. The number of rotatable bonds is 6. The summed E-state index contributed by atoms with van der Waals surface area (Å²) in [5, 5.41) is 17.5. The average molecular weight is 413 g/mol. The Labute approximate surface area is 161 Å². The number of carboxylic acids is 1. The van der Waals surface area contributed by atoms with Gasteiger partial charge in [0.2, 0.25) is 0 Å². The number of hydrogen-bond donors (Lipinski definition) is 3. The van der Waals surface area contributed by atoms with Gasteiger partial charge in [0.05, 0.1) is 6.42 Å². The molecular formula is C14H15N5O8S. The lowest BCUT2D eigenvalue weighted by molar-refractivity contribution is -0.256. The molecule has 2 fully saturated rings. The van der Waals surface area contributed by atoms with E-state index in [-0.39, 0.29) is 36.0 Å². The topological polar surface area (TPSA) is 183 Å². The summed E-state index contributed by atoms with van der Waals surface area (Å²) in [5.41, 5.74) is 3.18. The molecule has 150 valence electrons. The van der Waals surface area contributed by atoms with Gasteiger partial charge >= 0.3 is 17.7 Å². The number of nitrogens with two attached hydrogens (primary N) is 1. The molecule has 0 saturated carbocycles. The van der Waals surface area contributed by atoms with Crippen LogP contribution in [-0.4, -0.2) is 70.1 Å². The maximum absolute atomic E-state index is 12.6. The molecule has 14 heteroatoms. The van der Waals surface area contributed by atoms with Crippen molar-refractivity contribution in [1.82, 2.24) is 15.4 Å². The second-order valence-corrected chi connectivity index (χ2v) is 6.60.